The van der Waals surface area contributed by atoms with Crippen LogP contribution in [0.15, 0.2) is 79.4 Å². The van der Waals surface area contributed by atoms with E-state index in [1.807, 2.05) is 58.5 Å². The van der Waals surface area contributed by atoms with Crippen LogP contribution >= 0.6 is 0 Å². The molecule has 1 amide bonds. The molecular formula is C29H31N5O. The van der Waals surface area contributed by atoms with Crippen molar-refractivity contribution in [3.05, 3.63) is 84.9 Å². The maximum atomic E-state index is 12.6. The minimum Gasteiger partial charge on any atom is -0.378 e. The standard InChI is InChI=1S/C29H31N5O/c1-6-7-16-30-29(35)22-14-15-25-26(19-22)32-28(21-11-9-13-24(18-21)34(4)5)27(31-25)20-10-8-12-23(17-20)33(2)3/h6,8-15,17-19H,1,7,16H2,2-5H3,(H,30,35). The summed E-state index contributed by atoms with van der Waals surface area (Å²) in [7, 11) is 8.08. The lowest BCUT2D eigenvalue weighted by molar-refractivity contribution is 0.0954. The van der Waals surface area contributed by atoms with Gasteiger partial charge in [0.15, 0.2) is 0 Å². The van der Waals surface area contributed by atoms with Crippen LogP contribution in [0, 0.1) is 0 Å². The molecule has 0 saturated carbocycles. The first-order valence-electron chi connectivity index (χ1n) is 11.6. The molecule has 0 unspecified atom stereocenters. The number of nitrogens with one attached hydrogen (secondary N) is 1. The van der Waals surface area contributed by atoms with Crippen molar-refractivity contribution in [2.24, 2.45) is 0 Å². The van der Waals surface area contributed by atoms with Gasteiger partial charge in [0, 0.05) is 62.8 Å². The average molecular weight is 466 g/mol. The molecule has 1 N–H and O–H groups in total. The summed E-state index contributed by atoms with van der Waals surface area (Å²) in [6.45, 7) is 4.25. The Morgan fingerprint density at radius 1 is 0.829 bits per heavy atom. The predicted octanol–water partition coefficient (Wildman–Crippen LogP) is 5.40. The van der Waals surface area contributed by atoms with Crippen LogP contribution in [-0.4, -0.2) is 50.6 Å². The van der Waals surface area contributed by atoms with E-state index < -0.39 is 0 Å². The van der Waals surface area contributed by atoms with Gasteiger partial charge in [-0.15, -0.1) is 6.58 Å². The van der Waals surface area contributed by atoms with E-state index in [1.165, 1.54) is 0 Å². The van der Waals surface area contributed by atoms with Crippen molar-refractivity contribution in [3.8, 4) is 22.5 Å². The fourth-order valence-electron chi connectivity index (χ4n) is 3.85. The molecule has 178 valence electrons. The third kappa shape index (κ3) is 5.32. The summed E-state index contributed by atoms with van der Waals surface area (Å²) in [5, 5.41) is 2.92. The first-order valence-corrected chi connectivity index (χ1v) is 11.6. The Kier molecular flexibility index (Phi) is 7.11. The Labute approximate surface area is 206 Å². The number of carbonyl (C=O) groups is 1. The van der Waals surface area contributed by atoms with Crippen LogP contribution in [0.25, 0.3) is 33.5 Å². The largest absolute Gasteiger partial charge is 0.378 e. The van der Waals surface area contributed by atoms with Gasteiger partial charge in [0.1, 0.15) is 0 Å². The number of anilines is 2. The monoisotopic (exact) mass is 465 g/mol. The van der Waals surface area contributed by atoms with Crippen molar-refractivity contribution >= 4 is 28.3 Å². The Bertz CT molecular complexity index is 1380. The molecule has 1 heterocycles. The minimum atomic E-state index is -0.130. The molecular weight excluding hydrogens is 434 g/mol. The Morgan fingerprint density at radius 2 is 1.40 bits per heavy atom. The van der Waals surface area contributed by atoms with Crippen molar-refractivity contribution < 1.29 is 4.79 Å². The lowest BCUT2D eigenvalue weighted by Crippen LogP contribution is -2.24. The number of nitrogens with zero attached hydrogens (tertiary/aromatic N) is 4. The van der Waals surface area contributed by atoms with Crippen LogP contribution in [-0.2, 0) is 0 Å². The normalized spacial score (nSPS) is 10.7. The average Bonchev–Trinajstić information content (AvgIpc) is 2.87. The van der Waals surface area contributed by atoms with Crippen LogP contribution in [0.1, 0.15) is 16.8 Å². The molecule has 0 bridgehead atoms. The Morgan fingerprint density at radius 3 is 1.94 bits per heavy atom. The zero-order valence-electron chi connectivity index (χ0n) is 20.7. The third-order valence-electron chi connectivity index (χ3n) is 5.83. The molecule has 35 heavy (non-hydrogen) atoms. The number of aromatic nitrogens is 2. The minimum absolute atomic E-state index is 0.130. The van der Waals surface area contributed by atoms with E-state index in [2.05, 4.69) is 52.0 Å². The van der Waals surface area contributed by atoms with E-state index >= 15 is 0 Å². The molecule has 0 radical (unpaired) electrons. The van der Waals surface area contributed by atoms with E-state index in [0.717, 1.165) is 45.8 Å². The molecule has 0 aliphatic heterocycles. The van der Waals surface area contributed by atoms with Crippen molar-refractivity contribution in [2.75, 3.05) is 44.5 Å². The van der Waals surface area contributed by atoms with Crippen LogP contribution in [0.2, 0.25) is 0 Å². The van der Waals surface area contributed by atoms with Gasteiger partial charge in [-0.1, -0.05) is 30.3 Å². The maximum Gasteiger partial charge on any atom is 0.251 e. The molecule has 6 heteroatoms. The van der Waals surface area contributed by atoms with Crippen molar-refractivity contribution in [3.63, 3.8) is 0 Å². The SMILES string of the molecule is C=CCCNC(=O)c1ccc2nc(-c3cccc(N(C)C)c3)c(-c3cccc(N(C)C)c3)nc2c1. The van der Waals surface area contributed by atoms with Crippen molar-refractivity contribution in [1.29, 1.82) is 0 Å². The third-order valence-corrected chi connectivity index (χ3v) is 5.83. The summed E-state index contributed by atoms with van der Waals surface area (Å²) < 4.78 is 0. The Balaban J connectivity index is 1.89. The topological polar surface area (TPSA) is 61.4 Å². The molecule has 0 atom stereocenters. The number of carbonyl (C=O) groups excluding carboxylic acids is 1. The molecule has 0 saturated heterocycles. The molecule has 0 spiro atoms. The van der Waals surface area contributed by atoms with Gasteiger partial charge in [0.25, 0.3) is 5.91 Å². The van der Waals surface area contributed by atoms with Gasteiger partial charge in [0.05, 0.1) is 22.4 Å². The van der Waals surface area contributed by atoms with Gasteiger partial charge < -0.3 is 15.1 Å². The number of hydrogen-bond donors (Lipinski definition) is 1. The van der Waals surface area contributed by atoms with Gasteiger partial charge >= 0.3 is 0 Å². The molecule has 4 aromatic rings. The zero-order valence-corrected chi connectivity index (χ0v) is 20.7. The fraction of sp³-hybridized carbons (Fsp3) is 0.207. The highest BCUT2D eigenvalue weighted by Gasteiger charge is 2.16. The quantitative estimate of drug-likeness (QED) is 0.279. The second-order valence-corrected chi connectivity index (χ2v) is 8.85. The highest BCUT2D eigenvalue weighted by molar-refractivity contribution is 5.98. The molecule has 1 aromatic heterocycles. The number of rotatable bonds is 8. The summed E-state index contributed by atoms with van der Waals surface area (Å²) >= 11 is 0. The smallest absolute Gasteiger partial charge is 0.251 e. The molecule has 0 aliphatic rings. The Hall–Kier alpha value is -4.19. The van der Waals surface area contributed by atoms with Crippen LogP contribution in [0.4, 0.5) is 11.4 Å². The highest BCUT2D eigenvalue weighted by Crippen LogP contribution is 2.34. The van der Waals surface area contributed by atoms with E-state index in [-0.39, 0.29) is 5.91 Å². The van der Waals surface area contributed by atoms with Gasteiger partial charge in [-0.3, -0.25) is 4.79 Å². The highest BCUT2D eigenvalue weighted by atomic mass is 16.1. The first kappa shape index (κ1) is 24.0. The summed E-state index contributed by atoms with van der Waals surface area (Å²) in [4.78, 5) is 26.8. The second kappa shape index (κ2) is 10.4. The van der Waals surface area contributed by atoms with Crippen LogP contribution in [0.3, 0.4) is 0 Å². The molecule has 4 rings (SSSR count). The predicted molar refractivity (Wildman–Crippen MR) is 146 cm³/mol. The maximum absolute atomic E-state index is 12.6. The lowest BCUT2D eigenvalue weighted by atomic mass is 10.0. The van der Waals surface area contributed by atoms with Gasteiger partial charge in [-0.2, -0.15) is 0 Å². The molecule has 6 nitrogen and oxygen atoms in total. The van der Waals surface area contributed by atoms with Gasteiger partial charge in [-0.05, 0) is 48.9 Å². The summed E-state index contributed by atoms with van der Waals surface area (Å²) in [6, 6.07) is 22.0. The lowest BCUT2D eigenvalue weighted by Gasteiger charge is -2.17. The van der Waals surface area contributed by atoms with Crippen LogP contribution in [0.5, 0.6) is 0 Å². The van der Waals surface area contributed by atoms with Gasteiger partial charge in [0.2, 0.25) is 0 Å². The van der Waals surface area contributed by atoms with E-state index in [4.69, 9.17) is 9.97 Å². The van der Waals surface area contributed by atoms with Crippen molar-refractivity contribution in [1.82, 2.24) is 15.3 Å². The van der Waals surface area contributed by atoms with E-state index in [0.29, 0.717) is 17.6 Å². The van der Waals surface area contributed by atoms with Gasteiger partial charge in [-0.25, -0.2) is 9.97 Å². The summed E-state index contributed by atoms with van der Waals surface area (Å²) in [5.74, 6) is -0.130. The van der Waals surface area contributed by atoms with E-state index in [9.17, 15) is 4.79 Å². The summed E-state index contributed by atoms with van der Waals surface area (Å²) in [6.07, 6.45) is 2.51. The molecule has 0 fully saturated rings. The molecule has 0 aliphatic carbocycles. The zero-order chi connectivity index (χ0) is 24.9. The number of hydrogen-bond acceptors (Lipinski definition) is 5. The van der Waals surface area contributed by atoms with E-state index in [1.54, 1.807) is 12.1 Å². The first-order chi connectivity index (χ1) is 16.9. The fourth-order valence-corrected chi connectivity index (χ4v) is 3.85. The van der Waals surface area contributed by atoms with Crippen molar-refractivity contribution in [2.45, 2.75) is 6.42 Å². The number of fused-ring (bicyclic) bond motifs is 1. The second-order valence-electron chi connectivity index (χ2n) is 8.85. The number of amides is 1. The molecule has 3 aromatic carbocycles. The number of benzene rings is 3. The summed E-state index contributed by atoms with van der Waals surface area (Å²) in [5.41, 5.74) is 7.69. The van der Waals surface area contributed by atoms with Crippen LogP contribution < -0.4 is 15.1 Å².